The van der Waals surface area contributed by atoms with Gasteiger partial charge in [-0.05, 0) is 19.4 Å². The fraction of sp³-hybridized carbons (Fsp3) is 0.421. The molecule has 7 nitrogen and oxygen atoms in total. The van der Waals surface area contributed by atoms with Crippen molar-refractivity contribution in [2.24, 2.45) is 0 Å². The summed E-state index contributed by atoms with van der Waals surface area (Å²) in [4.78, 5) is 26.8. The van der Waals surface area contributed by atoms with Gasteiger partial charge in [0.2, 0.25) is 11.8 Å². The molecule has 26 heavy (non-hydrogen) atoms. The Bertz CT molecular complexity index is 756. The predicted molar refractivity (Wildman–Crippen MR) is 99.5 cm³/mol. The number of nitrogens with one attached hydrogen (secondary N) is 2. The third-order valence-electron chi connectivity index (χ3n) is 4.46. The highest BCUT2D eigenvalue weighted by molar-refractivity contribution is 5.95. The van der Waals surface area contributed by atoms with Gasteiger partial charge in [-0.3, -0.25) is 19.2 Å². The molecule has 1 aliphatic heterocycles. The summed E-state index contributed by atoms with van der Waals surface area (Å²) >= 11 is 0. The first kappa shape index (κ1) is 18.1. The maximum Gasteiger partial charge on any atom is 0.237 e. The second-order valence-electron chi connectivity index (χ2n) is 6.82. The van der Waals surface area contributed by atoms with E-state index in [0.29, 0.717) is 18.8 Å². The first-order chi connectivity index (χ1) is 12.5. The molecular weight excluding hydrogens is 330 g/mol. The molecule has 3 rings (SSSR count). The summed E-state index contributed by atoms with van der Waals surface area (Å²) in [7, 11) is 0. The Morgan fingerprint density at radius 3 is 2.81 bits per heavy atom. The van der Waals surface area contributed by atoms with E-state index in [9.17, 15) is 9.59 Å². The fourth-order valence-corrected chi connectivity index (χ4v) is 3.06. The number of amides is 2. The van der Waals surface area contributed by atoms with E-state index in [-0.39, 0.29) is 24.3 Å². The molecule has 1 aliphatic rings. The Morgan fingerprint density at radius 2 is 2.12 bits per heavy atom. The molecule has 138 valence electrons. The van der Waals surface area contributed by atoms with Gasteiger partial charge in [0.25, 0.3) is 0 Å². The summed E-state index contributed by atoms with van der Waals surface area (Å²) in [6.45, 7) is 6.02. The van der Waals surface area contributed by atoms with Gasteiger partial charge in [-0.15, -0.1) is 0 Å². The van der Waals surface area contributed by atoms with Crippen LogP contribution in [0.2, 0.25) is 0 Å². The largest absolute Gasteiger partial charge is 0.353 e. The van der Waals surface area contributed by atoms with Gasteiger partial charge in [-0.25, -0.2) is 0 Å². The van der Waals surface area contributed by atoms with Gasteiger partial charge in [0.1, 0.15) is 0 Å². The van der Waals surface area contributed by atoms with E-state index in [2.05, 4.69) is 20.6 Å². The van der Waals surface area contributed by atoms with Crippen molar-refractivity contribution < 1.29 is 9.59 Å². The van der Waals surface area contributed by atoms with Gasteiger partial charge in [-0.2, -0.15) is 5.10 Å². The van der Waals surface area contributed by atoms with Crippen molar-refractivity contribution in [1.29, 1.82) is 0 Å². The number of anilines is 1. The molecule has 2 aromatic rings. The van der Waals surface area contributed by atoms with Crippen LogP contribution < -0.4 is 10.6 Å². The molecule has 1 aromatic heterocycles. The predicted octanol–water partition coefficient (Wildman–Crippen LogP) is 1.79. The lowest BCUT2D eigenvalue weighted by molar-refractivity contribution is -0.132. The molecule has 0 radical (unpaired) electrons. The molecular formula is C19H25N5O2. The van der Waals surface area contributed by atoms with Crippen LogP contribution in [0.15, 0.2) is 42.7 Å². The second kappa shape index (κ2) is 8.14. The zero-order valence-corrected chi connectivity index (χ0v) is 15.2. The molecule has 0 spiro atoms. The van der Waals surface area contributed by atoms with Crippen LogP contribution in [0.3, 0.4) is 0 Å². The van der Waals surface area contributed by atoms with Crippen LogP contribution in [0.4, 0.5) is 5.69 Å². The van der Waals surface area contributed by atoms with Crippen molar-refractivity contribution in [3.63, 3.8) is 0 Å². The Balaban J connectivity index is 1.64. The number of carbonyl (C=O) groups excluding carboxylic acids is 2. The molecule has 7 heteroatoms. The lowest BCUT2D eigenvalue weighted by atomic mass is 10.1. The van der Waals surface area contributed by atoms with Crippen molar-refractivity contribution in [2.75, 3.05) is 18.4 Å². The van der Waals surface area contributed by atoms with E-state index in [4.69, 9.17) is 0 Å². The molecule has 2 amide bonds. The van der Waals surface area contributed by atoms with Gasteiger partial charge in [0.15, 0.2) is 0 Å². The minimum Gasteiger partial charge on any atom is -0.353 e. The van der Waals surface area contributed by atoms with Gasteiger partial charge in [0.05, 0.1) is 24.3 Å². The quantitative estimate of drug-likeness (QED) is 0.828. The van der Waals surface area contributed by atoms with Crippen molar-refractivity contribution in [2.45, 2.75) is 38.9 Å². The first-order valence-electron chi connectivity index (χ1n) is 8.92. The summed E-state index contributed by atoms with van der Waals surface area (Å²) in [5.74, 6) is -0.284. The number of hydrogen-bond acceptors (Lipinski definition) is 4. The van der Waals surface area contributed by atoms with Crippen LogP contribution in [-0.4, -0.2) is 45.6 Å². The normalized spacial score (nSPS) is 18.0. The minimum atomic E-state index is -0.468. The summed E-state index contributed by atoms with van der Waals surface area (Å²) in [5.41, 5.74) is 1.78. The molecule has 2 heterocycles. The van der Waals surface area contributed by atoms with E-state index in [0.717, 1.165) is 12.1 Å². The van der Waals surface area contributed by atoms with E-state index in [1.54, 1.807) is 17.1 Å². The molecule has 0 bridgehead atoms. The van der Waals surface area contributed by atoms with Crippen LogP contribution in [0.5, 0.6) is 0 Å². The Kier molecular flexibility index (Phi) is 5.68. The van der Waals surface area contributed by atoms with Crippen LogP contribution in [0.25, 0.3) is 0 Å². The summed E-state index contributed by atoms with van der Waals surface area (Å²) in [5, 5.41) is 9.91. The summed E-state index contributed by atoms with van der Waals surface area (Å²) in [6.07, 6.45) is 3.54. The third-order valence-corrected chi connectivity index (χ3v) is 4.46. The van der Waals surface area contributed by atoms with Crippen molar-refractivity contribution >= 4 is 17.5 Å². The number of nitrogens with zero attached hydrogens (tertiary/aromatic N) is 3. The van der Waals surface area contributed by atoms with Gasteiger partial charge in [-0.1, -0.05) is 30.3 Å². The molecule has 2 N–H and O–H groups in total. The standard InChI is InChI=1S/C19H25N5O2/c1-14(2)24-13-16(11-21-24)22-18(25)10-17-19(26)20-8-9-23(17)12-15-6-4-3-5-7-15/h3-7,11,13-14,17H,8-10,12H2,1-2H3,(H,20,26)(H,22,25). The fourth-order valence-electron chi connectivity index (χ4n) is 3.06. The Hall–Kier alpha value is -2.67. The average molecular weight is 355 g/mol. The molecule has 0 saturated carbocycles. The first-order valence-corrected chi connectivity index (χ1v) is 8.92. The number of benzene rings is 1. The van der Waals surface area contributed by atoms with E-state index in [1.807, 2.05) is 44.2 Å². The smallest absolute Gasteiger partial charge is 0.237 e. The van der Waals surface area contributed by atoms with E-state index in [1.165, 1.54) is 0 Å². The Morgan fingerprint density at radius 1 is 1.35 bits per heavy atom. The minimum absolute atomic E-state index is 0.0970. The SMILES string of the molecule is CC(C)n1cc(NC(=O)CC2C(=O)NCCN2Cc2ccccc2)cn1. The highest BCUT2D eigenvalue weighted by atomic mass is 16.2. The van der Waals surface area contributed by atoms with E-state index < -0.39 is 6.04 Å². The lowest BCUT2D eigenvalue weighted by Crippen LogP contribution is -2.55. The van der Waals surface area contributed by atoms with Crippen molar-refractivity contribution in [3.8, 4) is 0 Å². The monoisotopic (exact) mass is 355 g/mol. The number of piperazine rings is 1. The number of hydrogen-bond donors (Lipinski definition) is 2. The molecule has 1 unspecified atom stereocenters. The molecule has 1 aromatic carbocycles. The maximum atomic E-state index is 12.4. The molecule has 0 aliphatic carbocycles. The van der Waals surface area contributed by atoms with Crippen LogP contribution in [0.1, 0.15) is 31.9 Å². The number of carbonyl (C=O) groups is 2. The Labute approximate surface area is 153 Å². The van der Waals surface area contributed by atoms with Crippen molar-refractivity contribution in [3.05, 3.63) is 48.3 Å². The summed E-state index contributed by atoms with van der Waals surface area (Å²) < 4.78 is 1.78. The zero-order chi connectivity index (χ0) is 18.5. The van der Waals surface area contributed by atoms with Crippen molar-refractivity contribution in [1.82, 2.24) is 20.0 Å². The number of aromatic nitrogens is 2. The topological polar surface area (TPSA) is 79.3 Å². The van der Waals surface area contributed by atoms with Gasteiger partial charge in [0, 0.05) is 31.9 Å². The highest BCUT2D eigenvalue weighted by Crippen LogP contribution is 2.16. The molecule has 1 fully saturated rings. The van der Waals surface area contributed by atoms with Gasteiger partial charge < -0.3 is 10.6 Å². The average Bonchev–Trinajstić information content (AvgIpc) is 3.07. The molecule has 1 atom stereocenters. The third kappa shape index (κ3) is 4.49. The van der Waals surface area contributed by atoms with Crippen LogP contribution in [0, 0.1) is 0 Å². The van der Waals surface area contributed by atoms with Crippen LogP contribution in [-0.2, 0) is 16.1 Å². The molecule has 1 saturated heterocycles. The van der Waals surface area contributed by atoms with Crippen LogP contribution >= 0.6 is 0 Å². The van der Waals surface area contributed by atoms with E-state index >= 15 is 0 Å². The highest BCUT2D eigenvalue weighted by Gasteiger charge is 2.31. The lowest BCUT2D eigenvalue weighted by Gasteiger charge is -2.34. The summed E-state index contributed by atoms with van der Waals surface area (Å²) in [6, 6.07) is 9.75. The zero-order valence-electron chi connectivity index (χ0n) is 15.2. The van der Waals surface area contributed by atoms with Gasteiger partial charge >= 0.3 is 0 Å². The maximum absolute atomic E-state index is 12.4. The number of rotatable bonds is 6. The second-order valence-corrected chi connectivity index (χ2v) is 6.82.